The molecule has 2 aliphatic carbocycles. The van der Waals surface area contributed by atoms with E-state index in [0.717, 1.165) is 24.0 Å². The van der Waals surface area contributed by atoms with Crippen LogP contribution in [0.4, 0.5) is 8.78 Å². The normalized spacial score (nSPS) is 24.5. The molecule has 0 amide bonds. The Hall–Kier alpha value is -2.44. The van der Waals surface area contributed by atoms with Gasteiger partial charge in [-0.15, -0.1) is 0 Å². The minimum atomic E-state index is -0.849. The molecule has 2 saturated carbocycles. The summed E-state index contributed by atoms with van der Waals surface area (Å²) in [6.45, 7) is 4.83. The molecular weight excluding hydrogens is 426 g/mol. The van der Waals surface area contributed by atoms with Gasteiger partial charge in [0.1, 0.15) is 0 Å². The van der Waals surface area contributed by atoms with Crippen LogP contribution in [0.2, 0.25) is 0 Å². The molecule has 0 saturated heterocycles. The van der Waals surface area contributed by atoms with E-state index in [0.29, 0.717) is 30.4 Å². The van der Waals surface area contributed by atoms with Crippen molar-refractivity contribution in [2.24, 2.45) is 11.8 Å². The van der Waals surface area contributed by atoms with E-state index in [1.807, 2.05) is 31.2 Å². The summed E-state index contributed by atoms with van der Waals surface area (Å²) in [6, 6.07) is 11.6. The predicted octanol–water partition coefficient (Wildman–Crippen LogP) is 7.96. The first-order chi connectivity index (χ1) is 16.6. The van der Waals surface area contributed by atoms with Gasteiger partial charge in [0.25, 0.3) is 0 Å². The van der Waals surface area contributed by atoms with Crippen LogP contribution in [0.1, 0.15) is 87.0 Å². The average molecular weight is 463 g/mol. The minimum Gasteiger partial charge on any atom is -0.378 e. The maximum absolute atomic E-state index is 14.5. The Morgan fingerprint density at radius 2 is 1.68 bits per heavy atom. The van der Waals surface area contributed by atoms with Gasteiger partial charge in [0.2, 0.25) is 0 Å². The summed E-state index contributed by atoms with van der Waals surface area (Å²) < 4.78 is 34.8. The fraction of sp³-hybridized carbons (Fsp3) is 0.484. The Morgan fingerprint density at radius 1 is 0.912 bits per heavy atom. The third-order valence-electron chi connectivity index (χ3n) is 7.67. The second-order valence-corrected chi connectivity index (χ2v) is 9.80. The zero-order valence-corrected chi connectivity index (χ0v) is 20.5. The zero-order valence-electron chi connectivity index (χ0n) is 20.5. The van der Waals surface area contributed by atoms with Gasteiger partial charge < -0.3 is 4.74 Å². The number of hydrogen-bond donors (Lipinski definition) is 0. The number of hydrogen-bond acceptors (Lipinski definition) is 1. The lowest BCUT2D eigenvalue weighted by molar-refractivity contribution is -0.00955. The molecule has 180 valence electrons. The molecule has 4 atom stereocenters. The summed E-state index contributed by atoms with van der Waals surface area (Å²) in [6.07, 6.45) is 13.0. The summed E-state index contributed by atoms with van der Waals surface area (Å²) in [4.78, 5) is 0. The van der Waals surface area contributed by atoms with Crippen LogP contribution in [-0.4, -0.2) is 12.7 Å². The van der Waals surface area contributed by atoms with Crippen molar-refractivity contribution in [2.45, 2.75) is 77.2 Å². The van der Waals surface area contributed by atoms with E-state index >= 15 is 0 Å². The van der Waals surface area contributed by atoms with Gasteiger partial charge in [-0.1, -0.05) is 42.2 Å². The smallest absolute Gasteiger partial charge is 0.174 e. The highest BCUT2D eigenvalue weighted by atomic mass is 19.2. The first kappa shape index (κ1) is 24.7. The second-order valence-electron chi connectivity index (χ2n) is 9.80. The fourth-order valence-corrected chi connectivity index (χ4v) is 5.80. The van der Waals surface area contributed by atoms with Crippen molar-refractivity contribution < 1.29 is 13.5 Å². The lowest BCUT2D eigenvalue weighted by Gasteiger charge is -2.42. The summed E-state index contributed by atoms with van der Waals surface area (Å²) >= 11 is 0. The van der Waals surface area contributed by atoms with Crippen LogP contribution in [-0.2, 0) is 11.2 Å². The lowest BCUT2D eigenvalue weighted by atomic mass is 9.65. The van der Waals surface area contributed by atoms with E-state index in [4.69, 9.17) is 4.74 Å². The molecule has 34 heavy (non-hydrogen) atoms. The Balaban J connectivity index is 1.38. The first-order valence-corrected chi connectivity index (χ1v) is 12.9. The summed E-state index contributed by atoms with van der Waals surface area (Å²) in [5.41, 5.74) is 2.70. The Kier molecular flexibility index (Phi) is 8.57. The Labute approximate surface area is 203 Å². The first-order valence-electron chi connectivity index (χ1n) is 12.9. The topological polar surface area (TPSA) is 9.23 Å². The summed E-state index contributed by atoms with van der Waals surface area (Å²) in [5, 5.41) is 0. The molecule has 0 spiro atoms. The number of halogens is 2. The lowest BCUT2D eigenvalue weighted by Crippen LogP contribution is -2.33. The average Bonchev–Trinajstić information content (AvgIpc) is 2.86. The second kappa shape index (κ2) is 11.8. The maximum atomic E-state index is 14.5. The molecule has 0 aliphatic heterocycles. The standard InChI is InChI=1S/C31H36F2O/c1-3-5-6-7-24-14-15-25(31(33)30(24)32)13-10-22-8-11-23(12-9-22)26-16-17-28-21-29(34-4-2)19-18-27(28)20-26/h3,5,8-9,11-12,14-15,26-29H,4,6-7,16-21H2,1-2H3/b5-3+. The van der Waals surface area contributed by atoms with Crippen molar-refractivity contribution >= 4 is 0 Å². The Bertz CT molecular complexity index is 1040. The molecule has 0 aromatic heterocycles. The Morgan fingerprint density at radius 3 is 2.44 bits per heavy atom. The number of rotatable bonds is 6. The summed E-state index contributed by atoms with van der Waals surface area (Å²) in [5.74, 6) is 6.44. The van der Waals surface area contributed by atoms with Crippen LogP contribution in [0, 0.1) is 35.3 Å². The van der Waals surface area contributed by atoms with Gasteiger partial charge in [-0.3, -0.25) is 0 Å². The van der Waals surface area contributed by atoms with Crippen molar-refractivity contribution in [2.75, 3.05) is 6.61 Å². The molecule has 0 radical (unpaired) electrons. The molecule has 2 aliphatic rings. The van der Waals surface area contributed by atoms with E-state index in [-0.39, 0.29) is 5.56 Å². The molecular formula is C31H36F2O. The van der Waals surface area contributed by atoms with Crippen LogP contribution in [0.5, 0.6) is 0 Å². The molecule has 4 unspecified atom stereocenters. The van der Waals surface area contributed by atoms with Crippen LogP contribution >= 0.6 is 0 Å². The highest BCUT2D eigenvalue weighted by Crippen LogP contribution is 2.46. The van der Waals surface area contributed by atoms with Gasteiger partial charge in [-0.05, 0) is 112 Å². The largest absolute Gasteiger partial charge is 0.378 e. The van der Waals surface area contributed by atoms with E-state index in [1.165, 1.54) is 44.1 Å². The number of benzene rings is 2. The number of fused-ring (bicyclic) bond motifs is 1. The maximum Gasteiger partial charge on any atom is 0.174 e. The highest BCUT2D eigenvalue weighted by molar-refractivity contribution is 5.45. The quantitative estimate of drug-likeness (QED) is 0.312. The van der Waals surface area contributed by atoms with Crippen LogP contribution in [0.3, 0.4) is 0 Å². The van der Waals surface area contributed by atoms with Gasteiger partial charge in [-0.25, -0.2) is 8.78 Å². The van der Waals surface area contributed by atoms with Crippen LogP contribution < -0.4 is 0 Å². The van der Waals surface area contributed by atoms with Crippen molar-refractivity contribution in [3.05, 3.63) is 82.4 Å². The molecule has 0 heterocycles. The predicted molar refractivity (Wildman–Crippen MR) is 135 cm³/mol. The SMILES string of the molecule is C/C=C/CCc1ccc(C#Cc2ccc(C3CCC4CC(OCC)CCC4C3)cc2)c(F)c1F. The highest BCUT2D eigenvalue weighted by Gasteiger charge is 2.36. The molecule has 0 N–H and O–H groups in total. The number of allylic oxidation sites excluding steroid dienone is 2. The zero-order chi connectivity index (χ0) is 23.9. The molecule has 2 aromatic carbocycles. The molecule has 4 rings (SSSR count). The van der Waals surface area contributed by atoms with E-state index < -0.39 is 11.6 Å². The van der Waals surface area contributed by atoms with Crippen molar-refractivity contribution in [1.29, 1.82) is 0 Å². The van der Waals surface area contributed by atoms with E-state index in [9.17, 15) is 8.78 Å². The van der Waals surface area contributed by atoms with Crippen LogP contribution in [0.15, 0.2) is 48.6 Å². The number of aryl methyl sites for hydroxylation is 1. The minimum absolute atomic E-state index is 0.109. The molecule has 2 aromatic rings. The molecule has 3 heteroatoms. The van der Waals surface area contributed by atoms with Gasteiger partial charge in [0.15, 0.2) is 11.6 Å². The monoisotopic (exact) mass is 462 g/mol. The van der Waals surface area contributed by atoms with Crippen molar-refractivity contribution in [1.82, 2.24) is 0 Å². The van der Waals surface area contributed by atoms with E-state index in [2.05, 4.69) is 30.9 Å². The third-order valence-corrected chi connectivity index (χ3v) is 7.67. The van der Waals surface area contributed by atoms with Crippen molar-refractivity contribution in [3.8, 4) is 11.8 Å². The van der Waals surface area contributed by atoms with Gasteiger partial charge >= 0.3 is 0 Å². The molecule has 2 fully saturated rings. The fourth-order valence-electron chi connectivity index (χ4n) is 5.80. The van der Waals surface area contributed by atoms with Crippen molar-refractivity contribution in [3.63, 3.8) is 0 Å². The number of ether oxygens (including phenoxy) is 1. The van der Waals surface area contributed by atoms with Gasteiger partial charge in [-0.2, -0.15) is 0 Å². The molecule has 0 bridgehead atoms. The van der Waals surface area contributed by atoms with Gasteiger partial charge in [0.05, 0.1) is 11.7 Å². The summed E-state index contributed by atoms with van der Waals surface area (Å²) in [7, 11) is 0. The third kappa shape index (κ3) is 5.97. The van der Waals surface area contributed by atoms with E-state index in [1.54, 1.807) is 12.1 Å². The van der Waals surface area contributed by atoms with Crippen LogP contribution in [0.25, 0.3) is 0 Å². The van der Waals surface area contributed by atoms with Gasteiger partial charge in [0, 0.05) is 12.2 Å². The molecule has 1 nitrogen and oxygen atoms in total.